The largest absolute Gasteiger partial charge is 0.455 e. The van der Waals surface area contributed by atoms with E-state index >= 15 is 0 Å². The van der Waals surface area contributed by atoms with E-state index in [4.69, 9.17) is 16.3 Å². The SMILES string of the molecule is Cc1ccc(N2C[C@H](C(=O)OCC(=O)Nc3ccc(Br)cc3)CC2=O)cc1Cl. The summed E-state index contributed by atoms with van der Waals surface area (Å²) in [5, 5.41) is 3.20. The van der Waals surface area contributed by atoms with Crippen molar-refractivity contribution in [3.8, 4) is 0 Å². The minimum Gasteiger partial charge on any atom is -0.455 e. The lowest BCUT2D eigenvalue weighted by Gasteiger charge is -2.17. The van der Waals surface area contributed by atoms with Gasteiger partial charge in [-0.15, -0.1) is 0 Å². The number of amides is 2. The van der Waals surface area contributed by atoms with Gasteiger partial charge >= 0.3 is 5.97 Å². The van der Waals surface area contributed by atoms with Crippen molar-refractivity contribution in [3.05, 3.63) is 57.5 Å². The molecule has 0 saturated carbocycles. The first-order valence-electron chi connectivity index (χ1n) is 8.62. The first-order valence-corrected chi connectivity index (χ1v) is 9.79. The van der Waals surface area contributed by atoms with Crippen LogP contribution in [0.15, 0.2) is 46.9 Å². The fourth-order valence-corrected chi connectivity index (χ4v) is 3.29. The quantitative estimate of drug-likeness (QED) is 0.679. The van der Waals surface area contributed by atoms with Gasteiger partial charge in [0.25, 0.3) is 5.91 Å². The Bertz CT molecular complexity index is 917. The van der Waals surface area contributed by atoms with Gasteiger partial charge in [0.1, 0.15) is 0 Å². The molecule has 1 heterocycles. The molecule has 146 valence electrons. The molecular formula is C20H18BrClN2O4. The average molecular weight is 466 g/mol. The maximum Gasteiger partial charge on any atom is 0.311 e. The molecule has 0 spiro atoms. The van der Waals surface area contributed by atoms with Crippen LogP contribution in [0, 0.1) is 12.8 Å². The van der Waals surface area contributed by atoms with Crippen molar-refractivity contribution in [3.63, 3.8) is 0 Å². The number of anilines is 2. The molecule has 2 aromatic carbocycles. The van der Waals surface area contributed by atoms with Crippen LogP contribution in [-0.4, -0.2) is 30.9 Å². The van der Waals surface area contributed by atoms with Gasteiger partial charge in [0, 0.05) is 33.8 Å². The van der Waals surface area contributed by atoms with E-state index in [0.29, 0.717) is 16.4 Å². The number of nitrogens with zero attached hydrogens (tertiary/aromatic N) is 1. The van der Waals surface area contributed by atoms with Crippen molar-refractivity contribution in [2.75, 3.05) is 23.4 Å². The summed E-state index contributed by atoms with van der Waals surface area (Å²) < 4.78 is 5.98. The lowest BCUT2D eigenvalue weighted by Crippen LogP contribution is -2.28. The summed E-state index contributed by atoms with van der Waals surface area (Å²) in [4.78, 5) is 38.0. The van der Waals surface area contributed by atoms with Crippen LogP contribution in [0.25, 0.3) is 0 Å². The lowest BCUT2D eigenvalue weighted by atomic mass is 10.1. The molecular weight excluding hydrogens is 448 g/mol. The zero-order valence-electron chi connectivity index (χ0n) is 15.1. The Morgan fingerprint density at radius 3 is 2.64 bits per heavy atom. The summed E-state index contributed by atoms with van der Waals surface area (Å²) in [6.45, 7) is 1.67. The highest BCUT2D eigenvalue weighted by Gasteiger charge is 2.36. The number of hydrogen-bond acceptors (Lipinski definition) is 4. The lowest BCUT2D eigenvalue weighted by molar-refractivity contribution is -0.151. The Morgan fingerprint density at radius 2 is 1.96 bits per heavy atom. The van der Waals surface area contributed by atoms with Gasteiger partial charge in [0.2, 0.25) is 5.91 Å². The maximum absolute atomic E-state index is 12.3. The molecule has 1 fully saturated rings. The summed E-state index contributed by atoms with van der Waals surface area (Å²) >= 11 is 9.43. The summed E-state index contributed by atoms with van der Waals surface area (Å²) in [7, 11) is 0. The number of aryl methyl sites for hydroxylation is 1. The van der Waals surface area contributed by atoms with E-state index in [-0.39, 0.29) is 18.9 Å². The van der Waals surface area contributed by atoms with E-state index in [2.05, 4.69) is 21.2 Å². The molecule has 28 heavy (non-hydrogen) atoms. The second-order valence-electron chi connectivity index (χ2n) is 6.50. The van der Waals surface area contributed by atoms with Crippen LogP contribution in [0.5, 0.6) is 0 Å². The molecule has 2 aromatic rings. The van der Waals surface area contributed by atoms with Gasteiger partial charge in [-0.25, -0.2) is 0 Å². The number of rotatable bonds is 5. The molecule has 3 rings (SSSR count). The number of hydrogen-bond donors (Lipinski definition) is 1. The number of halogens is 2. The molecule has 6 nitrogen and oxygen atoms in total. The van der Waals surface area contributed by atoms with E-state index in [0.717, 1.165) is 10.0 Å². The van der Waals surface area contributed by atoms with Crippen LogP contribution >= 0.6 is 27.5 Å². The predicted octanol–water partition coefficient (Wildman–Crippen LogP) is 3.95. The second-order valence-corrected chi connectivity index (χ2v) is 7.82. The van der Waals surface area contributed by atoms with E-state index in [1.54, 1.807) is 36.4 Å². The topological polar surface area (TPSA) is 75.7 Å². The molecule has 1 atom stereocenters. The third-order valence-electron chi connectivity index (χ3n) is 4.40. The second kappa shape index (κ2) is 8.75. The highest BCUT2D eigenvalue weighted by atomic mass is 79.9. The van der Waals surface area contributed by atoms with Crippen molar-refractivity contribution < 1.29 is 19.1 Å². The fourth-order valence-electron chi connectivity index (χ4n) is 2.85. The van der Waals surface area contributed by atoms with Crippen LogP contribution in [0.4, 0.5) is 11.4 Å². The number of esters is 1. The molecule has 0 aliphatic carbocycles. The summed E-state index contributed by atoms with van der Waals surface area (Å²) in [5.74, 6) is -1.81. The number of carbonyl (C=O) groups excluding carboxylic acids is 3. The molecule has 0 radical (unpaired) electrons. The smallest absolute Gasteiger partial charge is 0.311 e. The van der Waals surface area contributed by atoms with Gasteiger partial charge < -0.3 is 15.0 Å². The van der Waals surface area contributed by atoms with Gasteiger partial charge in [-0.05, 0) is 48.9 Å². The average Bonchev–Trinajstić information content (AvgIpc) is 3.06. The van der Waals surface area contributed by atoms with E-state index < -0.39 is 24.4 Å². The maximum atomic E-state index is 12.3. The summed E-state index contributed by atoms with van der Waals surface area (Å²) in [6.07, 6.45) is 0.0403. The van der Waals surface area contributed by atoms with E-state index in [1.807, 2.05) is 13.0 Å². The van der Waals surface area contributed by atoms with Gasteiger partial charge in [0.05, 0.1) is 5.92 Å². The minimum absolute atomic E-state index is 0.0403. The summed E-state index contributed by atoms with van der Waals surface area (Å²) in [6, 6.07) is 12.3. The van der Waals surface area contributed by atoms with Crippen molar-refractivity contribution in [1.82, 2.24) is 0 Å². The molecule has 2 amide bonds. The minimum atomic E-state index is -0.618. The van der Waals surface area contributed by atoms with Crippen molar-refractivity contribution in [2.45, 2.75) is 13.3 Å². The number of benzene rings is 2. The Balaban J connectivity index is 1.53. The highest BCUT2D eigenvalue weighted by Crippen LogP contribution is 2.29. The Kier molecular flexibility index (Phi) is 6.36. The molecule has 1 N–H and O–H groups in total. The molecule has 1 aliphatic rings. The van der Waals surface area contributed by atoms with Crippen LogP contribution in [-0.2, 0) is 19.1 Å². The number of nitrogens with one attached hydrogen (secondary N) is 1. The summed E-state index contributed by atoms with van der Waals surface area (Å²) in [5.41, 5.74) is 2.15. The standard InChI is InChI=1S/C20H18BrClN2O4/c1-12-2-7-16(9-17(12)22)24-10-13(8-19(24)26)20(27)28-11-18(25)23-15-5-3-14(21)4-6-15/h2-7,9,13H,8,10-11H2,1H3,(H,23,25)/t13-/m1/s1. The van der Waals surface area contributed by atoms with Crippen molar-refractivity contribution >= 4 is 56.7 Å². The van der Waals surface area contributed by atoms with Gasteiger partial charge in [0.15, 0.2) is 6.61 Å². The van der Waals surface area contributed by atoms with Gasteiger partial charge in [-0.3, -0.25) is 14.4 Å². The first kappa shape index (κ1) is 20.4. The Labute approximate surface area is 175 Å². The fraction of sp³-hybridized carbons (Fsp3) is 0.250. The van der Waals surface area contributed by atoms with E-state index in [1.165, 1.54) is 4.90 Å². The highest BCUT2D eigenvalue weighted by molar-refractivity contribution is 9.10. The molecule has 1 aliphatic heterocycles. The predicted molar refractivity (Wildman–Crippen MR) is 110 cm³/mol. The van der Waals surface area contributed by atoms with Crippen LogP contribution < -0.4 is 10.2 Å². The third-order valence-corrected chi connectivity index (χ3v) is 5.33. The number of ether oxygens (including phenoxy) is 1. The van der Waals surface area contributed by atoms with Crippen LogP contribution in [0.3, 0.4) is 0 Å². The van der Waals surface area contributed by atoms with Gasteiger partial charge in [-0.1, -0.05) is 33.6 Å². The molecule has 0 aromatic heterocycles. The molecule has 1 saturated heterocycles. The Hall–Kier alpha value is -2.38. The number of carbonyl (C=O) groups is 3. The normalized spacial score (nSPS) is 16.2. The zero-order valence-corrected chi connectivity index (χ0v) is 17.4. The van der Waals surface area contributed by atoms with E-state index in [9.17, 15) is 14.4 Å². The molecule has 8 heteroatoms. The molecule has 0 bridgehead atoms. The monoisotopic (exact) mass is 464 g/mol. The van der Waals surface area contributed by atoms with Crippen molar-refractivity contribution in [2.24, 2.45) is 5.92 Å². The Morgan fingerprint density at radius 1 is 1.25 bits per heavy atom. The van der Waals surface area contributed by atoms with Crippen molar-refractivity contribution in [1.29, 1.82) is 0 Å². The molecule has 0 unspecified atom stereocenters. The van der Waals surface area contributed by atoms with Gasteiger partial charge in [-0.2, -0.15) is 0 Å². The van der Waals surface area contributed by atoms with Crippen LogP contribution in [0.1, 0.15) is 12.0 Å². The zero-order chi connectivity index (χ0) is 20.3. The third kappa shape index (κ3) is 4.91. The van der Waals surface area contributed by atoms with Crippen LogP contribution in [0.2, 0.25) is 5.02 Å². The first-order chi connectivity index (χ1) is 13.3.